The second-order valence-corrected chi connectivity index (χ2v) is 7.23. The maximum atomic E-state index is 12.9. The molecule has 3 aromatic rings. The number of carbonyl (C=O) groups excluding carboxylic acids is 1. The minimum Gasteiger partial charge on any atom is -0.459 e. The number of nitrogens with zero attached hydrogens (tertiary/aromatic N) is 3. The van der Waals surface area contributed by atoms with Crippen molar-refractivity contribution in [3.63, 3.8) is 0 Å². The van der Waals surface area contributed by atoms with Gasteiger partial charge >= 0.3 is 0 Å². The maximum Gasteiger partial charge on any atom is 0.226 e. The highest BCUT2D eigenvalue weighted by atomic mass is 16.3. The number of para-hydroxylation sites is 1. The van der Waals surface area contributed by atoms with Gasteiger partial charge in [0.2, 0.25) is 5.91 Å². The Bertz CT molecular complexity index is 977. The quantitative estimate of drug-likeness (QED) is 0.725. The van der Waals surface area contributed by atoms with Gasteiger partial charge in [0.05, 0.1) is 6.54 Å². The number of aromatic nitrogens is 2. The number of benzene rings is 1. The number of hydrogen-bond donors (Lipinski definition) is 0. The standard InChI is InChI=1S/C21H23N3O2/c1-13-5-4-6-17-14(2)19(26-20(13)17)11-24(3)21(25)15-7-8-18-16(9-15)10-22-12-23-18/h4-6,10,12,15H,7-9,11H2,1-3H3. The average molecular weight is 349 g/mol. The van der Waals surface area contributed by atoms with Crippen molar-refractivity contribution in [1.82, 2.24) is 14.9 Å². The van der Waals surface area contributed by atoms with Gasteiger partial charge in [-0.1, -0.05) is 18.2 Å². The van der Waals surface area contributed by atoms with E-state index in [1.165, 1.54) is 0 Å². The van der Waals surface area contributed by atoms with Gasteiger partial charge < -0.3 is 9.32 Å². The average Bonchev–Trinajstić information content (AvgIpc) is 2.98. The molecule has 1 amide bonds. The Morgan fingerprint density at radius 1 is 1.35 bits per heavy atom. The Kier molecular flexibility index (Phi) is 4.23. The lowest BCUT2D eigenvalue weighted by Crippen LogP contribution is -2.35. The first kappa shape index (κ1) is 16.8. The van der Waals surface area contributed by atoms with Crippen molar-refractivity contribution in [3.05, 3.63) is 58.9 Å². The summed E-state index contributed by atoms with van der Waals surface area (Å²) in [7, 11) is 1.86. The first-order valence-corrected chi connectivity index (χ1v) is 9.05. The lowest BCUT2D eigenvalue weighted by Gasteiger charge is -2.27. The summed E-state index contributed by atoms with van der Waals surface area (Å²) in [6.07, 6.45) is 5.82. The predicted octanol–water partition coefficient (Wildman–Crippen LogP) is 3.60. The summed E-state index contributed by atoms with van der Waals surface area (Å²) in [5.41, 5.74) is 5.33. The van der Waals surface area contributed by atoms with E-state index in [0.29, 0.717) is 6.54 Å². The Labute approximate surface area is 153 Å². The third-order valence-corrected chi connectivity index (χ3v) is 5.44. The monoisotopic (exact) mass is 349 g/mol. The van der Waals surface area contributed by atoms with E-state index >= 15 is 0 Å². The molecule has 1 aromatic carbocycles. The van der Waals surface area contributed by atoms with Crippen molar-refractivity contribution in [2.24, 2.45) is 5.92 Å². The van der Waals surface area contributed by atoms with Crippen LogP contribution in [0.2, 0.25) is 0 Å². The molecule has 4 rings (SSSR count). The molecule has 5 heteroatoms. The van der Waals surface area contributed by atoms with Crippen LogP contribution in [0.4, 0.5) is 0 Å². The molecule has 26 heavy (non-hydrogen) atoms. The van der Waals surface area contributed by atoms with Crippen LogP contribution in [0.25, 0.3) is 11.0 Å². The molecule has 2 aromatic heterocycles. The van der Waals surface area contributed by atoms with E-state index in [4.69, 9.17) is 4.42 Å². The van der Waals surface area contributed by atoms with Crippen LogP contribution in [0.5, 0.6) is 0 Å². The molecule has 0 spiro atoms. The van der Waals surface area contributed by atoms with Crippen molar-refractivity contribution in [2.75, 3.05) is 7.05 Å². The number of aryl methyl sites for hydroxylation is 3. The van der Waals surface area contributed by atoms with Gasteiger partial charge in [-0.2, -0.15) is 0 Å². The van der Waals surface area contributed by atoms with Crippen LogP contribution in [-0.2, 0) is 24.2 Å². The van der Waals surface area contributed by atoms with Crippen molar-refractivity contribution in [2.45, 2.75) is 39.7 Å². The van der Waals surface area contributed by atoms with Crippen molar-refractivity contribution in [3.8, 4) is 0 Å². The summed E-state index contributed by atoms with van der Waals surface area (Å²) in [6.45, 7) is 4.60. The van der Waals surface area contributed by atoms with Crippen LogP contribution in [0.15, 0.2) is 35.1 Å². The molecule has 0 N–H and O–H groups in total. The van der Waals surface area contributed by atoms with E-state index in [1.54, 1.807) is 11.2 Å². The van der Waals surface area contributed by atoms with Gasteiger partial charge in [-0.15, -0.1) is 0 Å². The number of amides is 1. The van der Waals surface area contributed by atoms with E-state index in [1.807, 2.05) is 32.3 Å². The highest BCUT2D eigenvalue weighted by Gasteiger charge is 2.28. The molecule has 0 aliphatic heterocycles. The molecule has 0 bridgehead atoms. The summed E-state index contributed by atoms with van der Waals surface area (Å²) < 4.78 is 6.08. The Balaban J connectivity index is 1.52. The lowest BCUT2D eigenvalue weighted by molar-refractivity contribution is -0.135. The van der Waals surface area contributed by atoms with Gasteiger partial charge in [-0.25, -0.2) is 9.97 Å². The number of furan rings is 1. The van der Waals surface area contributed by atoms with E-state index < -0.39 is 0 Å². The SMILES string of the molecule is Cc1c(CN(C)C(=O)C2CCc3ncncc3C2)oc2c(C)cccc12. The molecule has 5 nitrogen and oxygen atoms in total. The van der Waals surface area contributed by atoms with E-state index in [-0.39, 0.29) is 11.8 Å². The molecule has 1 aliphatic carbocycles. The molecule has 134 valence electrons. The molecule has 2 heterocycles. The minimum absolute atomic E-state index is 0.00933. The fourth-order valence-electron chi connectivity index (χ4n) is 3.86. The lowest BCUT2D eigenvalue weighted by atomic mass is 9.86. The zero-order chi connectivity index (χ0) is 18.3. The predicted molar refractivity (Wildman–Crippen MR) is 99.7 cm³/mol. The van der Waals surface area contributed by atoms with Gasteiger partial charge in [0.1, 0.15) is 17.7 Å². The second kappa shape index (κ2) is 6.56. The van der Waals surface area contributed by atoms with Gasteiger partial charge in [-0.05, 0) is 44.2 Å². The molecule has 0 radical (unpaired) electrons. The van der Waals surface area contributed by atoms with Crippen molar-refractivity contribution in [1.29, 1.82) is 0 Å². The van der Waals surface area contributed by atoms with Crippen molar-refractivity contribution >= 4 is 16.9 Å². The van der Waals surface area contributed by atoms with Crippen LogP contribution < -0.4 is 0 Å². The minimum atomic E-state index is -0.00933. The first-order chi connectivity index (χ1) is 12.5. The zero-order valence-electron chi connectivity index (χ0n) is 15.5. The zero-order valence-corrected chi connectivity index (χ0v) is 15.5. The largest absolute Gasteiger partial charge is 0.459 e. The smallest absolute Gasteiger partial charge is 0.226 e. The fraction of sp³-hybridized carbons (Fsp3) is 0.381. The molecular weight excluding hydrogens is 326 g/mol. The van der Waals surface area contributed by atoms with Gasteiger partial charge in [0, 0.05) is 35.8 Å². The van der Waals surface area contributed by atoms with E-state index in [2.05, 4.69) is 23.0 Å². The normalized spacial score (nSPS) is 16.5. The summed E-state index contributed by atoms with van der Waals surface area (Å²) in [5, 5.41) is 1.13. The third-order valence-electron chi connectivity index (χ3n) is 5.44. The molecule has 0 saturated heterocycles. The topological polar surface area (TPSA) is 59.2 Å². The molecule has 1 aliphatic rings. The summed E-state index contributed by atoms with van der Waals surface area (Å²) in [5.74, 6) is 1.02. The molecule has 1 atom stereocenters. The van der Waals surface area contributed by atoms with Crippen LogP contribution >= 0.6 is 0 Å². The summed E-state index contributed by atoms with van der Waals surface area (Å²) in [4.78, 5) is 23.2. The second-order valence-electron chi connectivity index (χ2n) is 7.23. The number of carbonyl (C=O) groups is 1. The summed E-state index contributed by atoms with van der Waals surface area (Å²) >= 11 is 0. The molecule has 0 fully saturated rings. The highest BCUT2D eigenvalue weighted by molar-refractivity contribution is 5.85. The number of fused-ring (bicyclic) bond motifs is 2. The summed E-state index contributed by atoms with van der Waals surface area (Å²) in [6, 6.07) is 6.16. The van der Waals surface area contributed by atoms with Crippen LogP contribution in [0, 0.1) is 19.8 Å². The maximum absolute atomic E-state index is 12.9. The van der Waals surface area contributed by atoms with Crippen molar-refractivity contribution < 1.29 is 9.21 Å². The highest BCUT2D eigenvalue weighted by Crippen LogP contribution is 2.29. The molecule has 1 unspecified atom stereocenters. The Morgan fingerprint density at radius 2 is 2.19 bits per heavy atom. The van der Waals surface area contributed by atoms with Crippen LogP contribution in [-0.4, -0.2) is 27.8 Å². The third kappa shape index (κ3) is 2.87. The first-order valence-electron chi connectivity index (χ1n) is 9.05. The number of rotatable bonds is 3. The van der Waals surface area contributed by atoms with Gasteiger partial charge in [-0.3, -0.25) is 4.79 Å². The van der Waals surface area contributed by atoms with Gasteiger partial charge in [0.15, 0.2) is 0 Å². The fourth-order valence-corrected chi connectivity index (χ4v) is 3.86. The van der Waals surface area contributed by atoms with E-state index in [0.717, 1.165) is 58.4 Å². The van der Waals surface area contributed by atoms with Crippen LogP contribution in [0.3, 0.4) is 0 Å². The Hall–Kier alpha value is -2.69. The van der Waals surface area contributed by atoms with Crippen LogP contribution in [0.1, 0.15) is 34.6 Å². The Morgan fingerprint density at radius 3 is 3.00 bits per heavy atom. The number of hydrogen-bond acceptors (Lipinski definition) is 4. The van der Waals surface area contributed by atoms with E-state index in [9.17, 15) is 4.79 Å². The molecular formula is C21H23N3O2. The van der Waals surface area contributed by atoms with Gasteiger partial charge in [0.25, 0.3) is 0 Å². The molecule has 0 saturated carbocycles.